The van der Waals surface area contributed by atoms with Crippen LogP contribution in [0.25, 0.3) is 0 Å². The average molecular weight is 329 g/mol. The summed E-state index contributed by atoms with van der Waals surface area (Å²) in [6, 6.07) is 15.7. The van der Waals surface area contributed by atoms with Crippen LogP contribution in [0.2, 0.25) is 0 Å². The predicted octanol–water partition coefficient (Wildman–Crippen LogP) is 3.07. The third-order valence-corrected chi connectivity index (χ3v) is 6.67. The summed E-state index contributed by atoms with van der Waals surface area (Å²) in [5.74, 6) is -0.509. The fourth-order valence-electron chi connectivity index (χ4n) is 3.24. The molecule has 2 aromatic carbocycles. The summed E-state index contributed by atoms with van der Waals surface area (Å²) in [6.45, 7) is 1.95. The third kappa shape index (κ3) is 2.55. The standard InChI is InChI=1S/C18H19NO3S/c1-3-16-13-9-11-15(12-10-13)23(21,22)18(16)19(2)17(20)14-7-5-4-6-8-14/h4-12,16,18H,3H2,1-2H3. The summed E-state index contributed by atoms with van der Waals surface area (Å²) in [7, 11) is -2.02. The number of likely N-dealkylation sites (N-methyl/N-ethyl adjacent to an activating group) is 1. The van der Waals surface area contributed by atoms with Crippen LogP contribution in [0.15, 0.2) is 59.5 Å². The molecule has 0 saturated carbocycles. The molecule has 0 aliphatic carbocycles. The van der Waals surface area contributed by atoms with E-state index in [9.17, 15) is 13.2 Å². The van der Waals surface area contributed by atoms with Crippen molar-refractivity contribution in [2.24, 2.45) is 0 Å². The van der Waals surface area contributed by atoms with Gasteiger partial charge in [-0.25, -0.2) is 8.42 Å². The third-order valence-electron chi connectivity index (χ3n) is 4.46. The Kier molecular flexibility index (Phi) is 3.98. The Morgan fingerprint density at radius 3 is 2.22 bits per heavy atom. The van der Waals surface area contributed by atoms with Gasteiger partial charge >= 0.3 is 0 Å². The zero-order valence-electron chi connectivity index (χ0n) is 13.1. The Hall–Kier alpha value is -2.14. The normalized spacial score (nSPS) is 21.7. The number of nitrogens with zero attached hydrogens (tertiary/aromatic N) is 1. The zero-order chi connectivity index (χ0) is 16.6. The van der Waals surface area contributed by atoms with Crippen LogP contribution in [0.4, 0.5) is 0 Å². The Labute approximate surface area is 136 Å². The summed E-state index contributed by atoms with van der Waals surface area (Å²) < 4.78 is 26.0. The van der Waals surface area contributed by atoms with Crippen LogP contribution in [0.3, 0.4) is 0 Å². The van der Waals surface area contributed by atoms with Crippen LogP contribution in [-0.4, -0.2) is 31.6 Å². The number of rotatable bonds is 3. The van der Waals surface area contributed by atoms with Crippen molar-refractivity contribution in [1.82, 2.24) is 4.90 Å². The Balaban J connectivity index is 2.06. The molecule has 2 atom stereocenters. The first-order valence-electron chi connectivity index (χ1n) is 7.63. The monoisotopic (exact) mass is 329 g/mol. The molecule has 2 aromatic rings. The molecule has 23 heavy (non-hydrogen) atoms. The summed E-state index contributed by atoms with van der Waals surface area (Å²) in [6.07, 6.45) is 0.646. The maximum Gasteiger partial charge on any atom is 0.254 e. The molecule has 0 aromatic heterocycles. The quantitative estimate of drug-likeness (QED) is 0.869. The first kappa shape index (κ1) is 15.7. The van der Waals surface area contributed by atoms with Gasteiger partial charge < -0.3 is 4.90 Å². The lowest BCUT2D eigenvalue weighted by molar-refractivity contribution is 0.0760. The molecule has 1 amide bonds. The second-order valence-electron chi connectivity index (χ2n) is 5.80. The Morgan fingerprint density at radius 1 is 1.04 bits per heavy atom. The van der Waals surface area contributed by atoms with E-state index in [1.54, 1.807) is 43.4 Å². The average Bonchev–Trinajstić information content (AvgIpc) is 2.75. The van der Waals surface area contributed by atoms with E-state index in [0.29, 0.717) is 12.0 Å². The lowest BCUT2D eigenvalue weighted by atomic mass is 9.95. The van der Waals surface area contributed by atoms with E-state index in [1.165, 1.54) is 4.90 Å². The number of carbonyl (C=O) groups excluding carboxylic acids is 1. The molecule has 2 unspecified atom stereocenters. The number of hydrogen-bond donors (Lipinski definition) is 0. The van der Waals surface area contributed by atoms with Crippen molar-refractivity contribution in [2.45, 2.75) is 29.5 Å². The minimum Gasteiger partial charge on any atom is -0.324 e. The number of carbonyl (C=O) groups is 1. The first-order valence-corrected chi connectivity index (χ1v) is 9.17. The van der Waals surface area contributed by atoms with Gasteiger partial charge in [0.05, 0.1) is 4.90 Å². The minimum absolute atomic E-state index is 0.231. The molecule has 0 fully saturated rings. The summed E-state index contributed by atoms with van der Waals surface area (Å²) in [5.41, 5.74) is 1.45. The number of benzene rings is 2. The van der Waals surface area contributed by atoms with Gasteiger partial charge in [0.25, 0.3) is 5.91 Å². The van der Waals surface area contributed by atoms with E-state index < -0.39 is 15.2 Å². The van der Waals surface area contributed by atoms with Crippen LogP contribution in [0.5, 0.6) is 0 Å². The van der Waals surface area contributed by atoms with E-state index in [4.69, 9.17) is 0 Å². The van der Waals surface area contributed by atoms with Crippen molar-refractivity contribution in [1.29, 1.82) is 0 Å². The maximum atomic E-state index is 13.0. The largest absolute Gasteiger partial charge is 0.324 e. The van der Waals surface area contributed by atoms with Crippen molar-refractivity contribution < 1.29 is 13.2 Å². The highest BCUT2D eigenvalue weighted by atomic mass is 32.2. The van der Waals surface area contributed by atoms with E-state index in [0.717, 1.165) is 5.56 Å². The summed E-state index contributed by atoms with van der Waals surface area (Å²) in [5, 5.41) is -0.879. The van der Waals surface area contributed by atoms with Crippen LogP contribution >= 0.6 is 0 Å². The maximum absolute atomic E-state index is 13.0. The molecule has 4 nitrogen and oxygen atoms in total. The van der Waals surface area contributed by atoms with Crippen molar-refractivity contribution in [3.63, 3.8) is 0 Å². The van der Waals surface area contributed by atoms with Gasteiger partial charge in [-0.3, -0.25) is 4.79 Å². The highest BCUT2D eigenvalue weighted by Crippen LogP contribution is 2.37. The molecule has 2 aliphatic heterocycles. The van der Waals surface area contributed by atoms with Crippen molar-refractivity contribution in [3.8, 4) is 0 Å². The molecule has 120 valence electrons. The summed E-state index contributed by atoms with van der Waals surface area (Å²) >= 11 is 0. The van der Waals surface area contributed by atoms with Gasteiger partial charge in [0.2, 0.25) is 0 Å². The van der Waals surface area contributed by atoms with Crippen molar-refractivity contribution in [3.05, 3.63) is 65.7 Å². The molecule has 0 N–H and O–H groups in total. The molecule has 2 aliphatic rings. The van der Waals surface area contributed by atoms with Crippen LogP contribution in [0, 0.1) is 0 Å². The second-order valence-corrected chi connectivity index (χ2v) is 7.85. The van der Waals surface area contributed by atoms with Gasteiger partial charge in [-0.1, -0.05) is 37.3 Å². The van der Waals surface area contributed by atoms with Gasteiger partial charge in [-0.15, -0.1) is 0 Å². The predicted molar refractivity (Wildman–Crippen MR) is 89.0 cm³/mol. The molecule has 2 bridgehead atoms. The topological polar surface area (TPSA) is 54.5 Å². The second kappa shape index (κ2) is 5.81. The van der Waals surface area contributed by atoms with Crippen LogP contribution in [-0.2, 0) is 9.84 Å². The van der Waals surface area contributed by atoms with Gasteiger partial charge in [0.15, 0.2) is 9.84 Å². The zero-order valence-corrected chi connectivity index (χ0v) is 14.0. The van der Waals surface area contributed by atoms with Gasteiger partial charge in [0.1, 0.15) is 5.37 Å². The summed E-state index contributed by atoms with van der Waals surface area (Å²) in [4.78, 5) is 14.4. The van der Waals surface area contributed by atoms with Gasteiger partial charge in [-0.05, 0) is 36.2 Å². The molecular formula is C18H19NO3S. The lowest BCUT2D eigenvalue weighted by Gasteiger charge is -2.32. The molecule has 0 radical (unpaired) electrons. The van der Waals surface area contributed by atoms with Gasteiger partial charge in [0, 0.05) is 18.5 Å². The Morgan fingerprint density at radius 2 is 1.65 bits per heavy atom. The fourth-order valence-corrected chi connectivity index (χ4v) is 5.33. The van der Waals surface area contributed by atoms with Crippen molar-refractivity contribution >= 4 is 15.7 Å². The van der Waals surface area contributed by atoms with E-state index >= 15 is 0 Å². The van der Waals surface area contributed by atoms with Crippen LogP contribution in [0.1, 0.15) is 35.2 Å². The van der Waals surface area contributed by atoms with E-state index in [2.05, 4.69) is 0 Å². The number of sulfone groups is 1. The number of amides is 1. The lowest BCUT2D eigenvalue weighted by Crippen LogP contribution is -2.45. The van der Waals surface area contributed by atoms with Crippen molar-refractivity contribution in [2.75, 3.05) is 7.05 Å². The highest BCUT2D eigenvalue weighted by Gasteiger charge is 2.42. The SMILES string of the molecule is CCC1c2ccc(cc2)S(=O)(=O)C1N(C)C(=O)c1ccccc1. The molecular weight excluding hydrogens is 310 g/mol. The molecule has 0 spiro atoms. The first-order chi connectivity index (χ1) is 11.0. The molecule has 2 heterocycles. The molecule has 0 saturated heterocycles. The minimum atomic E-state index is -3.60. The highest BCUT2D eigenvalue weighted by molar-refractivity contribution is 7.92. The van der Waals surface area contributed by atoms with E-state index in [1.807, 2.05) is 25.1 Å². The van der Waals surface area contributed by atoms with E-state index in [-0.39, 0.29) is 16.7 Å². The molecule has 4 rings (SSSR count). The number of fused-ring (bicyclic) bond motifs is 4. The Bertz CT molecular complexity index is 813. The smallest absolute Gasteiger partial charge is 0.254 e. The molecule has 5 heteroatoms. The number of hydrogen-bond acceptors (Lipinski definition) is 3. The fraction of sp³-hybridized carbons (Fsp3) is 0.278. The van der Waals surface area contributed by atoms with Gasteiger partial charge in [-0.2, -0.15) is 0 Å². The van der Waals surface area contributed by atoms with Crippen LogP contribution < -0.4 is 0 Å².